The Labute approximate surface area is 122 Å². The lowest BCUT2D eigenvalue weighted by Gasteiger charge is -2.08. The molecule has 0 fully saturated rings. The lowest BCUT2D eigenvalue weighted by atomic mass is 10.1. The molecule has 0 aromatic heterocycles. The molecule has 0 aliphatic rings. The van der Waals surface area contributed by atoms with Crippen molar-refractivity contribution in [2.45, 2.75) is 6.42 Å². The van der Waals surface area contributed by atoms with Crippen molar-refractivity contribution >= 4 is 39.9 Å². The average molecular weight is 291 g/mol. The van der Waals surface area contributed by atoms with Crippen LogP contribution in [0.1, 0.15) is 6.42 Å². The molecule has 0 spiro atoms. The summed E-state index contributed by atoms with van der Waals surface area (Å²) < 4.78 is 0. The van der Waals surface area contributed by atoms with Crippen LogP contribution in [0.4, 0.5) is 5.69 Å². The third-order valence-electron chi connectivity index (χ3n) is 2.84. The third-order valence-corrected chi connectivity index (χ3v) is 3.11. The van der Waals surface area contributed by atoms with Crippen molar-refractivity contribution in [1.29, 1.82) is 0 Å². The van der Waals surface area contributed by atoms with Gasteiger partial charge in [0.25, 0.3) is 0 Å². The zero-order valence-electron chi connectivity index (χ0n) is 10.9. The molecule has 104 valence electrons. The monoisotopic (exact) mass is 290 g/mol. The second-order valence-corrected chi connectivity index (χ2v) is 4.66. The molecule has 0 aliphatic heterocycles. The number of carbonyl (C=O) groups is 2. The molecule has 5 heteroatoms. The summed E-state index contributed by atoms with van der Waals surface area (Å²) in [4.78, 5) is 23.4. The number of carbonyl (C=O) groups excluding carboxylic acids is 2. The molecule has 0 bridgehead atoms. The minimum atomic E-state index is -0.670. The molecule has 0 radical (unpaired) electrons. The summed E-state index contributed by atoms with van der Waals surface area (Å²) in [6, 6.07) is 13.2. The standard InChI is InChI=1S/C15H15ClN2O2/c16-9-4-10-17-14(19)15(20)18-13-8-3-6-11-5-1-2-7-12(11)13/h1-3,5-8H,4,9-10H2,(H,17,19)(H,18,20). The van der Waals surface area contributed by atoms with E-state index < -0.39 is 11.8 Å². The van der Waals surface area contributed by atoms with E-state index in [9.17, 15) is 9.59 Å². The van der Waals surface area contributed by atoms with Gasteiger partial charge in [-0.2, -0.15) is 0 Å². The van der Waals surface area contributed by atoms with Crippen molar-refractivity contribution in [3.8, 4) is 0 Å². The maximum absolute atomic E-state index is 11.8. The molecule has 0 saturated heterocycles. The molecule has 2 aromatic carbocycles. The molecule has 0 atom stereocenters. The molecule has 0 heterocycles. The fourth-order valence-electron chi connectivity index (χ4n) is 1.86. The van der Waals surface area contributed by atoms with Gasteiger partial charge in [0, 0.05) is 23.5 Å². The predicted octanol–water partition coefficient (Wildman–Crippen LogP) is 2.52. The third kappa shape index (κ3) is 3.48. The van der Waals surface area contributed by atoms with Crippen LogP contribution in [-0.4, -0.2) is 24.2 Å². The van der Waals surface area contributed by atoms with E-state index in [0.29, 0.717) is 24.5 Å². The Balaban J connectivity index is 2.08. The van der Waals surface area contributed by atoms with E-state index in [1.54, 1.807) is 6.07 Å². The number of rotatable bonds is 4. The van der Waals surface area contributed by atoms with Crippen LogP contribution in [0.25, 0.3) is 10.8 Å². The highest BCUT2D eigenvalue weighted by Crippen LogP contribution is 2.22. The van der Waals surface area contributed by atoms with Crippen LogP contribution in [-0.2, 0) is 9.59 Å². The van der Waals surface area contributed by atoms with Gasteiger partial charge in [0.2, 0.25) is 0 Å². The first kappa shape index (κ1) is 14.3. The highest BCUT2D eigenvalue weighted by molar-refractivity contribution is 6.40. The molecule has 2 N–H and O–H groups in total. The van der Waals surface area contributed by atoms with Gasteiger partial charge in [-0.05, 0) is 17.9 Å². The zero-order chi connectivity index (χ0) is 14.4. The smallest absolute Gasteiger partial charge is 0.313 e. The van der Waals surface area contributed by atoms with E-state index >= 15 is 0 Å². The quantitative estimate of drug-likeness (QED) is 0.516. The maximum atomic E-state index is 11.8. The van der Waals surface area contributed by atoms with Crippen molar-refractivity contribution in [3.05, 3.63) is 42.5 Å². The topological polar surface area (TPSA) is 58.2 Å². The Hall–Kier alpha value is -2.07. The summed E-state index contributed by atoms with van der Waals surface area (Å²) in [5.74, 6) is -0.871. The van der Waals surface area contributed by atoms with Crippen LogP contribution in [0.3, 0.4) is 0 Å². The lowest BCUT2D eigenvalue weighted by Crippen LogP contribution is -2.36. The summed E-state index contributed by atoms with van der Waals surface area (Å²) >= 11 is 5.51. The molecular weight excluding hydrogens is 276 g/mol. The maximum Gasteiger partial charge on any atom is 0.313 e. The summed E-state index contributed by atoms with van der Waals surface area (Å²) in [5, 5.41) is 7.05. The van der Waals surface area contributed by atoms with E-state index in [-0.39, 0.29) is 0 Å². The Morgan fingerprint density at radius 2 is 1.75 bits per heavy atom. The molecule has 2 amide bonds. The lowest BCUT2D eigenvalue weighted by molar-refractivity contribution is -0.136. The first-order valence-electron chi connectivity index (χ1n) is 6.35. The highest BCUT2D eigenvalue weighted by atomic mass is 35.5. The number of halogens is 1. The first-order chi connectivity index (χ1) is 9.72. The molecule has 0 aliphatic carbocycles. The number of amides is 2. The van der Waals surface area contributed by atoms with Gasteiger partial charge in [-0.1, -0.05) is 36.4 Å². The number of anilines is 1. The predicted molar refractivity (Wildman–Crippen MR) is 80.9 cm³/mol. The van der Waals surface area contributed by atoms with Crippen LogP contribution < -0.4 is 10.6 Å². The molecule has 0 saturated carbocycles. The molecular formula is C15H15ClN2O2. The number of benzene rings is 2. The SMILES string of the molecule is O=C(NCCCCl)C(=O)Nc1cccc2ccccc12. The van der Waals surface area contributed by atoms with Crippen LogP contribution in [0.2, 0.25) is 0 Å². The zero-order valence-corrected chi connectivity index (χ0v) is 11.6. The van der Waals surface area contributed by atoms with E-state index in [2.05, 4.69) is 10.6 Å². The average Bonchev–Trinajstić information content (AvgIpc) is 2.47. The fourth-order valence-corrected chi connectivity index (χ4v) is 2.00. The van der Waals surface area contributed by atoms with Gasteiger partial charge in [0.15, 0.2) is 0 Å². The minimum Gasteiger partial charge on any atom is -0.348 e. The highest BCUT2D eigenvalue weighted by Gasteiger charge is 2.13. The van der Waals surface area contributed by atoms with Crippen LogP contribution in [0.15, 0.2) is 42.5 Å². The molecule has 4 nitrogen and oxygen atoms in total. The largest absolute Gasteiger partial charge is 0.348 e. The van der Waals surface area contributed by atoms with Crippen molar-refractivity contribution in [3.63, 3.8) is 0 Å². The van der Waals surface area contributed by atoms with E-state index in [1.807, 2.05) is 36.4 Å². The number of hydrogen-bond acceptors (Lipinski definition) is 2. The van der Waals surface area contributed by atoms with E-state index in [1.165, 1.54) is 0 Å². The Bertz CT molecular complexity index is 623. The second-order valence-electron chi connectivity index (χ2n) is 4.28. The first-order valence-corrected chi connectivity index (χ1v) is 6.88. The Morgan fingerprint density at radius 3 is 2.55 bits per heavy atom. The van der Waals surface area contributed by atoms with Crippen molar-refractivity contribution < 1.29 is 9.59 Å². The summed E-state index contributed by atoms with van der Waals surface area (Å²) in [5.41, 5.74) is 0.626. The van der Waals surface area contributed by atoms with Crippen LogP contribution >= 0.6 is 11.6 Å². The molecule has 20 heavy (non-hydrogen) atoms. The molecule has 2 rings (SSSR count). The Morgan fingerprint density at radius 1 is 1.00 bits per heavy atom. The number of alkyl halides is 1. The van der Waals surface area contributed by atoms with Crippen molar-refractivity contribution in [2.24, 2.45) is 0 Å². The summed E-state index contributed by atoms with van der Waals surface area (Å²) in [6.45, 7) is 0.394. The second kappa shape index (κ2) is 6.91. The number of fused-ring (bicyclic) bond motifs is 1. The van der Waals surface area contributed by atoms with Gasteiger partial charge in [-0.15, -0.1) is 11.6 Å². The van der Waals surface area contributed by atoms with Gasteiger partial charge >= 0.3 is 11.8 Å². The van der Waals surface area contributed by atoms with Crippen LogP contribution in [0, 0.1) is 0 Å². The van der Waals surface area contributed by atoms with Gasteiger partial charge in [0.05, 0.1) is 0 Å². The van der Waals surface area contributed by atoms with Gasteiger partial charge in [-0.25, -0.2) is 0 Å². The van der Waals surface area contributed by atoms with Gasteiger partial charge in [-0.3, -0.25) is 9.59 Å². The van der Waals surface area contributed by atoms with Crippen LogP contribution in [0.5, 0.6) is 0 Å². The van der Waals surface area contributed by atoms with Crippen molar-refractivity contribution in [1.82, 2.24) is 5.32 Å². The van der Waals surface area contributed by atoms with E-state index in [0.717, 1.165) is 10.8 Å². The summed E-state index contributed by atoms with van der Waals surface area (Å²) in [7, 11) is 0. The summed E-state index contributed by atoms with van der Waals surface area (Å²) in [6.07, 6.45) is 0.634. The fraction of sp³-hybridized carbons (Fsp3) is 0.200. The molecule has 0 unspecified atom stereocenters. The number of nitrogens with one attached hydrogen (secondary N) is 2. The normalized spacial score (nSPS) is 10.2. The Kier molecular flexibility index (Phi) is 4.96. The van der Waals surface area contributed by atoms with Gasteiger partial charge < -0.3 is 10.6 Å². The van der Waals surface area contributed by atoms with Crippen molar-refractivity contribution in [2.75, 3.05) is 17.7 Å². The minimum absolute atomic E-state index is 0.394. The number of hydrogen-bond donors (Lipinski definition) is 2. The molecule has 2 aromatic rings. The van der Waals surface area contributed by atoms with Gasteiger partial charge in [0.1, 0.15) is 0 Å². The van der Waals surface area contributed by atoms with E-state index in [4.69, 9.17) is 11.6 Å².